The van der Waals surface area contributed by atoms with Crippen LogP contribution in [-0.2, 0) is 0 Å². The molecule has 0 amide bonds. The second kappa shape index (κ2) is 4.31. The molecule has 2 N–H and O–H groups in total. The smallest absolute Gasteiger partial charge is 0.135 e. The van der Waals surface area contributed by atoms with Gasteiger partial charge in [0.05, 0.1) is 15.3 Å². The summed E-state index contributed by atoms with van der Waals surface area (Å²) in [7, 11) is 0. The van der Waals surface area contributed by atoms with E-state index >= 15 is 0 Å². The summed E-state index contributed by atoms with van der Waals surface area (Å²) in [6.07, 6.45) is 5.11. The average Bonchev–Trinajstić information content (AvgIpc) is 2.46. The molecule has 0 saturated heterocycles. The maximum absolute atomic E-state index is 6.07. The van der Waals surface area contributed by atoms with Gasteiger partial charge >= 0.3 is 0 Å². The van der Waals surface area contributed by atoms with Crippen molar-refractivity contribution in [3.05, 3.63) is 9.26 Å². The molecule has 1 aromatic rings. The van der Waals surface area contributed by atoms with Crippen molar-refractivity contribution in [2.24, 2.45) is 5.92 Å². The van der Waals surface area contributed by atoms with Gasteiger partial charge in [0.2, 0.25) is 0 Å². The van der Waals surface area contributed by atoms with Crippen molar-refractivity contribution in [3.8, 4) is 0 Å². The van der Waals surface area contributed by atoms with Gasteiger partial charge in [0.15, 0.2) is 0 Å². The third-order valence-electron chi connectivity index (χ3n) is 3.30. The highest BCUT2D eigenvalue weighted by Crippen LogP contribution is 2.34. The molecule has 1 aliphatic rings. The highest BCUT2D eigenvalue weighted by molar-refractivity contribution is 14.1. The van der Waals surface area contributed by atoms with Crippen LogP contribution in [0.2, 0.25) is 0 Å². The van der Waals surface area contributed by atoms with E-state index in [-0.39, 0.29) is 0 Å². The first kappa shape index (κ1) is 11.2. The van der Waals surface area contributed by atoms with Gasteiger partial charge in [-0.05, 0) is 48.3 Å². The number of aryl methyl sites for hydroxylation is 1. The summed E-state index contributed by atoms with van der Waals surface area (Å²) in [5.41, 5.74) is 7.13. The molecule has 0 bridgehead atoms. The van der Waals surface area contributed by atoms with Crippen LogP contribution in [-0.4, -0.2) is 9.78 Å². The van der Waals surface area contributed by atoms with E-state index in [2.05, 4.69) is 34.6 Å². The zero-order valence-corrected chi connectivity index (χ0v) is 11.5. The van der Waals surface area contributed by atoms with E-state index in [1.54, 1.807) is 0 Å². The first-order valence-corrected chi connectivity index (χ1v) is 6.67. The zero-order valence-electron chi connectivity index (χ0n) is 9.33. The summed E-state index contributed by atoms with van der Waals surface area (Å²) in [5.74, 6) is 1.66. The monoisotopic (exact) mass is 319 g/mol. The van der Waals surface area contributed by atoms with E-state index in [9.17, 15) is 0 Å². The van der Waals surface area contributed by atoms with E-state index in [0.29, 0.717) is 6.04 Å². The Kier molecular flexibility index (Phi) is 3.23. The molecule has 0 aliphatic heterocycles. The highest BCUT2D eigenvalue weighted by atomic mass is 127. The fraction of sp³-hybridized carbons (Fsp3) is 0.727. The lowest BCUT2D eigenvalue weighted by Gasteiger charge is -2.27. The molecule has 4 heteroatoms. The molecular formula is C11H18IN3. The number of anilines is 1. The molecule has 2 atom stereocenters. The fourth-order valence-electron chi connectivity index (χ4n) is 2.45. The average molecular weight is 319 g/mol. The van der Waals surface area contributed by atoms with Crippen LogP contribution in [0.5, 0.6) is 0 Å². The Hall–Kier alpha value is -0.260. The number of halogens is 1. The van der Waals surface area contributed by atoms with Crippen LogP contribution in [0.15, 0.2) is 0 Å². The molecule has 15 heavy (non-hydrogen) atoms. The molecule has 1 aliphatic carbocycles. The number of rotatable bonds is 1. The van der Waals surface area contributed by atoms with Crippen molar-refractivity contribution >= 4 is 28.4 Å². The Morgan fingerprint density at radius 3 is 2.73 bits per heavy atom. The van der Waals surface area contributed by atoms with E-state index in [1.165, 1.54) is 25.7 Å². The van der Waals surface area contributed by atoms with Gasteiger partial charge in [-0.1, -0.05) is 19.8 Å². The number of aromatic nitrogens is 2. The topological polar surface area (TPSA) is 43.8 Å². The summed E-state index contributed by atoms with van der Waals surface area (Å²) in [6, 6.07) is 0.524. The lowest BCUT2D eigenvalue weighted by atomic mass is 9.87. The minimum atomic E-state index is 0.524. The summed E-state index contributed by atoms with van der Waals surface area (Å²) in [6.45, 7) is 4.35. The highest BCUT2D eigenvalue weighted by Gasteiger charge is 2.23. The molecule has 2 unspecified atom stereocenters. The molecule has 84 valence electrons. The van der Waals surface area contributed by atoms with E-state index in [1.807, 2.05) is 11.6 Å². The minimum Gasteiger partial charge on any atom is -0.383 e. The normalized spacial score (nSPS) is 26.9. The van der Waals surface area contributed by atoms with Gasteiger partial charge in [-0.15, -0.1) is 0 Å². The van der Waals surface area contributed by atoms with Crippen molar-refractivity contribution in [1.29, 1.82) is 0 Å². The number of nitrogens with two attached hydrogens (primary N) is 1. The lowest BCUT2D eigenvalue weighted by Crippen LogP contribution is -2.20. The Morgan fingerprint density at radius 2 is 2.20 bits per heavy atom. The number of nitrogen functional groups attached to an aromatic ring is 1. The van der Waals surface area contributed by atoms with Crippen LogP contribution in [0.1, 0.15) is 44.3 Å². The van der Waals surface area contributed by atoms with Crippen molar-refractivity contribution in [3.63, 3.8) is 0 Å². The molecule has 0 radical (unpaired) electrons. The molecule has 0 spiro atoms. The Bertz CT molecular complexity index is 359. The maximum Gasteiger partial charge on any atom is 0.135 e. The van der Waals surface area contributed by atoms with E-state index in [0.717, 1.165) is 21.0 Å². The molecular weight excluding hydrogens is 301 g/mol. The number of nitrogens with zero attached hydrogens (tertiary/aromatic N) is 2. The zero-order chi connectivity index (χ0) is 11.0. The molecule has 0 aromatic carbocycles. The van der Waals surface area contributed by atoms with Gasteiger partial charge in [0.25, 0.3) is 0 Å². The Labute approximate surface area is 105 Å². The van der Waals surface area contributed by atoms with Gasteiger partial charge < -0.3 is 5.73 Å². The third kappa shape index (κ3) is 2.14. The van der Waals surface area contributed by atoms with Gasteiger partial charge in [-0.25, -0.2) is 4.68 Å². The van der Waals surface area contributed by atoms with Crippen LogP contribution in [0.25, 0.3) is 0 Å². The third-order valence-corrected chi connectivity index (χ3v) is 4.63. The molecule has 1 heterocycles. The number of hydrogen-bond donors (Lipinski definition) is 1. The molecule has 3 nitrogen and oxygen atoms in total. The lowest BCUT2D eigenvalue weighted by molar-refractivity contribution is 0.268. The van der Waals surface area contributed by atoms with Crippen LogP contribution in [0, 0.1) is 16.4 Å². The summed E-state index contributed by atoms with van der Waals surface area (Å²) in [4.78, 5) is 0. The van der Waals surface area contributed by atoms with Gasteiger partial charge in [0, 0.05) is 0 Å². The van der Waals surface area contributed by atoms with Gasteiger partial charge in [-0.3, -0.25) is 0 Å². The molecule has 1 saturated carbocycles. The van der Waals surface area contributed by atoms with Crippen LogP contribution < -0.4 is 5.73 Å². The number of hydrogen-bond acceptors (Lipinski definition) is 2. The molecule has 1 aromatic heterocycles. The van der Waals surface area contributed by atoms with Crippen molar-refractivity contribution < 1.29 is 0 Å². The van der Waals surface area contributed by atoms with Crippen LogP contribution in [0.4, 0.5) is 5.82 Å². The predicted molar refractivity (Wildman–Crippen MR) is 70.8 cm³/mol. The Balaban J connectivity index is 2.25. The largest absolute Gasteiger partial charge is 0.383 e. The maximum atomic E-state index is 6.07. The summed E-state index contributed by atoms with van der Waals surface area (Å²) >= 11 is 2.28. The van der Waals surface area contributed by atoms with Crippen molar-refractivity contribution in [1.82, 2.24) is 9.78 Å². The quantitative estimate of drug-likeness (QED) is 0.808. The van der Waals surface area contributed by atoms with Crippen molar-refractivity contribution in [2.45, 2.75) is 45.6 Å². The van der Waals surface area contributed by atoms with Gasteiger partial charge in [-0.2, -0.15) is 5.10 Å². The molecule has 1 fully saturated rings. The van der Waals surface area contributed by atoms with Crippen molar-refractivity contribution in [2.75, 3.05) is 5.73 Å². The SMILES string of the molecule is Cc1nn(C2CCCC(C)C2)c(N)c1I. The standard InChI is InChI=1S/C11H18IN3/c1-7-4-3-5-9(6-7)15-11(13)10(12)8(2)14-15/h7,9H,3-6,13H2,1-2H3. The second-order valence-electron chi connectivity index (χ2n) is 4.65. The van der Waals surface area contributed by atoms with Crippen LogP contribution in [0.3, 0.4) is 0 Å². The van der Waals surface area contributed by atoms with E-state index < -0.39 is 0 Å². The summed E-state index contributed by atoms with van der Waals surface area (Å²) < 4.78 is 3.16. The Morgan fingerprint density at radius 1 is 1.47 bits per heavy atom. The van der Waals surface area contributed by atoms with Crippen LogP contribution >= 0.6 is 22.6 Å². The first-order chi connectivity index (χ1) is 7.09. The second-order valence-corrected chi connectivity index (χ2v) is 5.73. The van der Waals surface area contributed by atoms with E-state index in [4.69, 9.17) is 5.73 Å². The summed E-state index contributed by atoms with van der Waals surface area (Å²) in [5, 5.41) is 4.55. The van der Waals surface area contributed by atoms with Gasteiger partial charge in [0.1, 0.15) is 5.82 Å². The predicted octanol–water partition coefficient (Wildman–Crippen LogP) is 3.13. The molecule has 2 rings (SSSR count). The fourth-order valence-corrected chi connectivity index (χ4v) is 2.80. The first-order valence-electron chi connectivity index (χ1n) is 5.59. The minimum absolute atomic E-state index is 0.524.